The highest BCUT2D eigenvalue weighted by atomic mass is 16.5. The van der Waals surface area contributed by atoms with Crippen molar-refractivity contribution in [3.8, 4) is 5.75 Å². The summed E-state index contributed by atoms with van der Waals surface area (Å²) in [5.74, 6) is 1.35. The van der Waals surface area contributed by atoms with E-state index in [4.69, 9.17) is 4.74 Å². The summed E-state index contributed by atoms with van der Waals surface area (Å²) in [7, 11) is 1.64. The predicted molar refractivity (Wildman–Crippen MR) is 99.1 cm³/mol. The molecule has 6 heteroatoms. The van der Waals surface area contributed by atoms with Crippen molar-refractivity contribution in [3.63, 3.8) is 0 Å². The van der Waals surface area contributed by atoms with Gasteiger partial charge in [0.05, 0.1) is 13.5 Å². The Morgan fingerprint density at radius 3 is 2.92 bits per heavy atom. The first-order chi connectivity index (χ1) is 12.7. The first-order valence-corrected chi connectivity index (χ1v) is 8.94. The van der Waals surface area contributed by atoms with Crippen LogP contribution < -0.4 is 4.74 Å². The Kier molecular flexibility index (Phi) is 4.56. The molecule has 6 nitrogen and oxygen atoms in total. The number of nitrogens with one attached hydrogen (secondary N) is 1. The standard InChI is InChI=1S/C20H22N4O2/c1-26-16-5-2-4-14(12-16)13-18(25)24-10-7-15(8-11-24)19-17-6-3-9-21-20(17)23-22-19/h2-6,9,12,15H,7-8,10-11,13H2,1H3,(H,21,22,23). The number of amides is 1. The molecule has 134 valence electrons. The van der Waals surface area contributed by atoms with E-state index in [2.05, 4.69) is 21.2 Å². The number of carbonyl (C=O) groups is 1. The number of rotatable bonds is 4. The largest absolute Gasteiger partial charge is 0.497 e. The van der Waals surface area contributed by atoms with E-state index in [1.165, 1.54) is 0 Å². The number of benzene rings is 1. The number of ether oxygens (including phenoxy) is 1. The molecule has 2 aromatic heterocycles. The number of fused-ring (bicyclic) bond motifs is 1. The van der Waals surface area contributed by atoms with Crippen molar-refractivity contribution in [1.82, 2.24) is 20.1 Å². The van der Waals surface area contributed by atoms with Gasteiger partial charge in [-0.1, -0.05) is 12.1 Å². The van der Waals surface area contributed by atoms with Gasteiger partial charge in [0.1, 0.15) is 5.75 Å². The highest BCUT2D eigenvalue weighted by Gasteiger charge is 2.26. The first kappa shape index (κ1) is 16.6. The van der Waals surface area contributed by atoms with Gasteiger partial charge in [0.25, 0.3) is 0 Å². The van der Waals surface area contributed by atoms with Crippen molar-refractivity contribution in [2.75, 3.05) is 20.2 Å². The molecule has 1 saturated heterocycles. The minimum atomic E-state index is 0.174. The van der Waals surface area contributed by atoms with Crippen LogP contribution in [0.1, 0.15) is 30.0 Å². The third-order valence-electron chi connectivity index (χ3n) is 5.10. The average molecular weight is 350 g/mol. The maximum atomic E-state index is 12.6. The number of methoxy groups -OCH3 is 1. The Balaban J connectivity index is 1.39. The monoisotopic (exact) mass is 350 g/mol. The predicted octanol–water partition coefficient (Wildman–Crippen LogP) is 2.92. The Hall–Kier alpha value is -2.89. The number of pyridine rings is 1. The van der Waals surface area contributed by atoms with Crippen molar-refractivity contribution in [1.29, 1.82) is 0 Å². The highest BCUT2D eigenvalue weighted by molar-refractivity contribution is 5.79. The molecule has 1 amide bonds. The van der Waals surface area contributed by atoms with E-state index in [-0.39, 0.29) is 5.91 Å². The lowest BCUT2D eigenvalue weighted by molar-refractivity contribution is -0.131. The maximum Gasteiger partial charge on any atom is 0.226 e. The van der Waals surface area contributed by atoms with Crippen molar-refractivity contribution in [2.24, 2.45) is 0 Å². The molecule has 0 spiro atoms. The Morgan fingerprint density at radius 1 is 1.27 bits per heavy atom. The molecule has 1 aliphatic rings. The smallest absolute Gasteiger partial charge is 0.226 e. The van der Waals surface area contributed by atoms with Crippen molar-refractivity contribution in [3.05, 3.63) is 53.9 Å². The fourth-order valence-corrected chi connectivity index (χ4v) is 3.67. The van der Waals surface area contributed by atoms with Crippen LogP contribution in [0.2, 0.25) is 0 Å². The van der Waals surface area contributed by atoms with Gasteiger partial charge in [-0.05, 0) is 42.7 Å². The van der Waals surface area contributed by atoms with Gasteiger partial charge in [-0.3, -0.25) is 9.89 Å². The lowest BCUT2D eigenvalue weighted by atomic mass is 9.91. The Morgan fingerprint density at radius 2 is 2.12 bits per heavy atom. The van der Waals surface area contributed by atoms with Crippen LogP contribution in [0, 0.1) is 0 Å². The second-order valence-corrected chi connectivity index (χ2v) is 6.70. The molecule has 1 aliphatic heterocycles. The van der Waals surface area contributed by atoms with Crippen LogP contribution in [0.15, 0.2) is 42.6 Å². The molecule has 0 bridgehead atoms. The number of nitrogens with zero attached hydrogens (tertiary/aromatic N) is 3. The number of carbonyl (C=O) groups excluding carboxylic acids is 1. The lowest BCUT2D eigenvalue weighted by Crippen LogP contribution is -2.38. The van der Waals surface area contributed by atoms with Gasteiger partial charge in [-0.2, -0.15) is 5.10 Å². The van der Waals surface area contributed by atoms with Crippen molar-refractivity contribution in [2.45, 2.75) is 25.2 Å². The number of aromatic nitrogens is 3. The summed E-state index contributed by atoms with van der Waals surface area (Å²) >= 11 is 0. The lowest BCUT2D eigenvalue weighted by Gasteiger charge is -2.31. The summed E-state index contributed by atoms with van der Waals surface area (Å²) < 4.78 is 5.23. The topological polar surface area (TPSA) is 71.1 Å². The molecule has 0 radical (unpaired) electrons. The van der Waals surface area contributed by atoms with Crippen LogP contribution in [-0.2, 0) is 11.2 Å². The zero-order valence-electron chi connectivity index (χ0n) is 14.8. The molecule has 0 atom stereocenters. The van der Waals surface area contributed by atoms with Crippen LogP contribution in [0.5, 0.6) is 5.75 Å². The quantitative estimate of drug-likeness (QED) is 0.785. The fourth-order valence-electron chi connectivity index (χ4n) is 3.67. The zero-order valence-corrected chi connectivity index (χ0v) is 14.8. The van der Waals surface area contributed by atoms with E-state index >= 15 is 0 Å². The van der Waals surface area contributed by atoms with Crippen LogP contribution >= 0.6 is 0 Å². The molecule has 3 aromatic rings. The van der Waals surface area contributed by atoms with E-state index in [1.807, 2.05) is 35.2 Å². The molecule has 1 aromatic carbocycles. The van der Waals surface area contributed by atoms with Gasteiger partial charge in [-0.25, -0.2) is 4.98 Å². The summed E-state index contributed by atoms with van der Waals surface area (Å²) in [5.41, 5.74) is 2.90. The normalized spacial score (nSPS) is 15.3. The second kappa shape index (κ2) is 7.15. The summed E-state index contributed by atoms with van der Waals surface area (Å²) in [4.78, 5) is 18.9. The van der Waals surface area contributed by atoms with Gasteiger partial charge in [0, 0.05) is 36.3 Å². The van der Waals surface area contributed by atoms with Crippen LogP contribution in [-0.4, -0.2) is 46.2 Å². The molecular formula is C20H22N4O2. The minimum absolute atomic E-state index is 0.174. The van der Waals surface area contributed by atoms with Crippen molar-refractivity contribution >= 4 is 16.9 Å². The zero-order chi connectivity index (χ0) is 17.9. The number of hydrogen-bond acceptors (Lipinski definition) is 4. The summed E-state index contributed by atoms with van der Waals surface area (Å²) in [6, 6.07) is 11.7. The highest BCUT2D eigenvalue weighted by Crippen LogP contribution is 2.31. The molecule has 0 unspecified atom stereocenters. The second-order valence-electron chi connectivity index (χ2n) is 6.70. The van der Waals surface area contributed by atoms with Gasteiger partial charge >= 0.3 is 0 Å². The van der Waals surface area contributed by atoms with E-state index in [0.29, 0.717) is 12.3 Å². The van der Waals surface area contributed by atoms with Gasteiger partial charge in [0.15, 0.2) is 5.65 Å². The molecule has 1 fully saturated rings. The van der Waals surface area contributed by atoms with Crippen LogP contribution in [0.25, 0.3) is 11.0 Å². The van der Waals surface area contributed by atoms with E-state index < -0.39 is 0 Å². The SMILES string of the molecule is COc1cccc(CC(=O)N2CCC(c3[nH]nc4ncccc34)CC2)c1. The number of likely N-dealkylation sites (tertiary alicyclic amines) is 1. The summed E-state index contributed by atoms with van der Waals surface area (Å²) in [6.07, 6.45) is 4.05. The average Bonchev–Trinajstić information content (AvgIpc) is 3.12. The summed E-state index contributed by atoms with van der Waals surface area (Å²) in [5, 5.41) is 8.53. The Bertz CT molecular complexity index is 913. The third-order valence-corrected chi connectivity index (χ3v) is 5.10. The molecule has 4 rings (SSSR count). The minimum Gasteiger partial charge on any atom is -0.497 e. The van der Waals surface area contributed by atoms with E-state index in [9.17, 15) is 4.79 Å². The van der Waals surface area contributed by atoms with E-state index in [1.54, 1.807) is 13.3 Å². The fraction of sp³-hybridized carbons (Fsp3) is 0.350. The number of H-pyrrole nitrogens is 1. The molecule has 0 aliphatic carbocycles. The van der Waals surface area contributed by atoms with Gasteiger partial charge in [-0.15, -0.1) is 0 Å². The van der Waals surface area contributed by atoms with E-state index in [0.717, 1.165) is 54.0 Å². The first-order valence-electron chi connectivity index (χ1n) is 8.94. The Labute approximate surface area is 152 Å². The van der Waals surface area contributed by atoms with Crippen LogP contribution in [0.4, 0.5) is 0 Å². The summed E-state index contributed by atoms with van der Waals surface area (Å²) in [6.45, 7) is 1.54. The molecule has 1 N–H and O–H groups in total. The van der Waals surface area contributed by atoms with Crippen molar-refractivity contribution < 1.29 is 9.53 Å². The molecular weight excluding hydrogens is 328 g/mol. The maximum absolute atomic E-state index is 12.6. The number of aromatic amines is 1. The molecule has 26 heavy (non-hydrogen) atoms. The van der Waals surface area contributed by atoms with Gasteiger partial charge in [0.2, 0.25) is 5.91 Å². The van der Waals surface area contributed by atoms with Gasteiger partial charge < -0.3 is 9.64 Å². The number of hydrogen-bond donors (Lipinski definition) is 1. The molecule has 0 saturated carbocycles. The van der Waals surface area contributed by atoms with Crippen LogP contribution in [0.3, 0.4) is 0 Å². The molecule has 3 heterocycles. The third kappa shape index (κ3) is 3.27. The number of piperidine rings is 1.